The van der Waals surface area contributed by atoms with E-state index < -0.39 is 17.1 Å². The van der Waals surface area contributed by atoms with Gasteiger partial charge in [-0.3, -0.25) is 19.2 Å². The molecule has 0 bridgehead atoms. The van der Waals surface area contributed by atoms with E-state index in [4.69, 9.17) is 23.2 Å². The van der Waals surface area contributed by atoms with E-state index in [1.165, 1.54) is 24.8 Å². The van der Waals surface area contributed by atoms with Crippen molar-refractivity contribution < 1.29 is 19.2 Å². The van der Waals surface area contributed by atoms with Crippen molar-refractivity contribution in [3.8, 4) is 0 Å². The summed E-state index contributed by atoms with van der Waals surface area (Å²) in [5.41, 5.74) is 2.48. The second-order valence-electron chi connectivity index (χ2n) is 9.66. The van der Waals surface area contributed by atoms with Gasteiger partial charge in [0.15, 0.2) is 5.78 Å². The van der Waals surface area contributed by atoms with Gasteiger partial charge in [0.05, 0.1) is 5.25 Å². The maximum atomic E-state index is 13.5. The minimum atomic E-state index is -0.568. The Labute approximate surface area is 270 Å². The van der Waals surface area contributed by atoms with E-state index in [1.54, 1.807) is 91.0 Å². The predicted molar refractivity (Wildman–Crippen MR) is 178 cm³/mol. The number of thioether (sulfide) groups is 1. The van der Waals surface area contributed by atoms with E-state index in [2.05, 4.69) is 16.0 Å². The lowest BCUT2D eigenvalue weighted by molar-refractivity contribution is -0.116. The van der Waals surface area contributed by atoms with Crippen molar-refractivity contribution in [3.63, 3.8) is 0 Å². The normalized spacial score (nSPS) is 11.8. The lowest BCUT2D eigenvalue weighted by Gasteiger charge is -2.16. The molecule has 1 unspecified atom stereocenters. The smallest absolute Gasteiger partial charge is 0.272 e. The number of rotatable bonds is 11. The minimum Gasteiger partial charge on any atom is -0.325 e. The van der Waals surface area contributed by atoms with Crippen LogP contribution in [0.15, 0.2) is 108 Å². The van der Waals surface area contributed by atoms with Gasteiger partial charge in [0.1, 0.15) is 5.70 Å². The fourth-order valence-electron chi connectivity index (χ4n) is 4.06. The van der Waals surface area contributed by atoms with Crippen LogP contribution in [-0.2, 0) is 9.59 Å². The van der Waals surface area contributed by atoms with Gasteiger partial charge in [0.2, 0.25) is 5.91 Å². The molecule has 10 heteroatoms. The number of amides is 3. The second-order valence-corrected chi connectivity index (χ2v) is 11.8. The molecule has 0 heterocycles. The number of Topliss-reactive ketones (excluding diaryl/α,β-unsaturated/α-hetero) is 1. The Morgan fingerprint density at radius 3 is 2.18 bits per heavy atom. The third kappa shape index (κ3) is 9.07. The molecular weight excluding hydrogens is 617 g/mol. The first-order valence-corrected chi connectivity index (χ1v) is 15.3. The van der Waals surface area contributed by atoms with Gasteiger partial charge in [-0.1, -0.05) is 60.5 Å². The number of nitrogens with one attached hydrogen (secondary N) is 3. The molecule has 4 rings (SSSR count). The van der Waals surface area contributed by atoms with Crippen LogP contribution in [0.3, 0.4) is 0 Å². The number of anilines is 2. The van der Waals surface area contributed by atoms with Gasteiger partial charge in [0.25, 0.3) is 11.8 Å². The lowest BCUT2D eigenvalue weighted by Crippen LogP contribution is -2.30. The molecule has 0 aromatic heterocycles. The highest BCUT2D eigenvalue weighted by atomic mass is 35.5. The van der Waals surface area contributed by atoms with Crippen LogP contribution in [0.2, 0.25) is 10.0 Å². The van der Waals surface area contributed by atoms with Crippen molar-refractivity contribution in [1.29, 1.82) is 0 Å². The van der Waals surface area contributed by atoms with Gasteiger partial charge in [0, 0.05) is 37.4 Å². The standard InChI is InChI=1S/C34H29Cl2N3O4S/c1-3-31(34(43)37-26-16-13-22(14-17-26)21(2)40)44-28-11-7-10-27(20-28)38-33(42)30(18-24-12-15-25(35)19-29(24)36)39-32(41)23-8-5-4-6-9-23/h4-20,31H,3H2,1-2H3,(H,37,43)(H,38,42)(H,39,41)/b30-18+. The molecule has 0 saturated heterocycles. The predicted octanol–water partition coefficient (Wildman–Crippen LogP) is 8.12. The number of halogens is 2. The van der Waals surface area contributed by atoms with Gasteiger partial charge in [-0.05, 0) is 91.7 Å². The lowest BCUT2D eigenvalue weighted by atomic mass is 10.1. The molecule has 0 radical (unpaired) electrons. The van der Waals surface area contributed by atoms with Gasteiger partial charge in [-0.25, -0.2) is 0 Å². The third-order valence-electron chi connectivity index (χ3n) is 6.38. The first kappa shape index (κ1) is 32.5. The molecule has 0 aliphatic carbocycles. The van der Waals surface area contributed by atoms with E-state index in [9.17, 15) is 19.2 Å². The summed E-state index contributed by atoms with van der Waals surface area (Å²) < 4.78 is 0. The largest absolute Gasteiger partial charge is 0.325 e. The van der Waals surface area contributed by atoms with Crippen molar-refractivity contribution in [2.45, 2.75) is 30.4 Å². The molecule has 0 aliphatic rings. The molecule has 0 fully saturated rings. The second kappa shape index (κ2) is 15.4. The Morgan fingerprint density at radius 2 is 1.52 bits per heavy atom. The molecule has 3 amide bonds. The van der Waals surface area contributed by atoms with Crippen molar-refractivity contribution in [2.24, 2.45) is 0 Å². The first-order chi connectivity index (χ1) is 21.1. The monoisotopic (exact) mass is 645 g/mol. The van der Waals surface area contributed by atoms with Crippen molar-refractivity contribution in [3.05, 3.63) is 129 Å². The number of hydrogen-bond acceptors (Lipinski definition) is 5. The molecule has 4 aromatic carbocycles. The fourth-order valence-corrected chi connectivity index (χ4v) is 5.54. The summed E-state index contributed by atoms with van der Waals surface area (Å²) in [5, 5.41) is 8.75. The van der Waals surface area contributed by atoms with Gasteiger partial charge < -0.3 is 16.0 Å². The number of carbonyl (C=O) groups is 4. The molecule has 0 spiro atoms. The Hall–Kier alpha value is -4.37. The SMILES string of the molecule is CCC(Sc1cccc(NC(=O)/C(=C\c2ccc(Cl)cc2Cl)NC(=O)c2ccccc2)c1)C(=O)Nc1ccc(C(C)=O)cc1. The van der Waals surface area contributed by atoms with Crippen molar-refractivity contribution in [2.75, 3.05) is 10.6 Å². The summed E-state index contributed by atoms with van der Waals surface area (Å²) >= 11 is 13.7. The van der Waals surface area contributed by atoms with Gasteiger partial charge in [-0.2, -0.15) is 0 Å². The molecular formula is C34H29Cl2N3O4S. The summed E-state index contributed by atoms with van der Waals surface area (Å²) in [4.78, 5) is 51.7. The van der Waals surface area contributed by atoms with Crippen molar-refractivity contribution >= 4 is 75.9 Å². The highest BCUT2D eigenvalue weighted by Gasteiger charge is 2.20. The van der Waals surface area contributed by atoms with Crippen LogP contribution < -0.4 is 16.0 Å². The van der Waals surface area contributed by atoms with E-state index in [1.807, 2.05) is 13.0 Å². The first-order valence-electron chi connectivity index (χ1n) is 13.7. The molecule has 3 N–H and O–H groups in total. The van der Waals surface area contributed by atoms with E-state index >= 15 is 0 Å². The van der Waals surface area contributed by atoms with E-state index in [-0.39, 0.29) is 17.4 Å². The quantitative estimate of drug-likeness (QED) is 0.0868. The number of ketones is 1. The van der Waals surface area contributed by atoms with E-state index in [0.29, 0.717) is 44.5 Å². The molecule has 0 aliphatic heterocycles. The Balaban J connectivity index is 1.50. The van der Waals surface area contributed by atoms with Crippen molar-refractivity contribution in [1.82, 2.24) is 5.32 Å². The zero-order valence-electron chi connectivity index (χ0n) is 23.9. The number of benzene rings is 4. The topological polar surface area (TPSA) is 104 Å². The summed E-state index contributed by atoms with van der Waals surface area (Å²) in [7, 11) is 0. The summed E-state index contributed by atoms with van der Waals surface area (Å²) in [6, 6.07) is 27.2. The van der Waals surface area contributed by atoms with Gasteiger partial charge >= 0.3 is 0 Å². The average Bonchev–Trinajstić information content (AvgIpc) is 3.01. The summed E-state index contributed by atoms with van der Waals surface area (Å²) in [6.07, 6.45) is 2.03. The minimum absolute atomic E-state index is 0.0252. The average molecular weight is 647 g/mol. The van der Waals surface area contributed by atoms with Crippen LogP contribution in [-0.4, -0.2) is 28.8 Å². The zero-order chi connectivity index (χ0) is 31.6. The Morgan fingerprint density at radius 1 is 0.795 bits per heavy atom. The third-order valence-corrected chi connectivity index (χ3v) is 8.30. The number of carbonyl (C=O) groups excluding carboxylic acids is 4. The molecule has 224 valence electrons. The Kier molecular flexibility index (Phi) is 11.4. The van der Waals surface area contributed by atoms with Crippen LogP contribution in [0.1, 0.15) is 46.5 Å². The van der Waals surface area contributed by atoms with E-state index in [0.717, 1.165) is 4.90 Å². The maximum absolute atomic E-state index is 13.5. The molecule has 44 heavy (non-hydrogen) atoms. The molecule has 7 nitrogen and oxygen atoms in total. The molecule has 4 aromatic rings. The highest BCUT2D eigenvalue weighted by molar-refractivity contribution is 8.00. The van der Waals surface area contributed by atoms with Crippen LogP contribution in [0.5, 0.6) is 0 Å². The fraction of sp³-hybridized carbons (Fsp3) is 0.118. The van der Waals surface area contributed by atoms with Gasteiger partial charge in [-0.15, -0.1) is 11.8 Å². The highest BCUT2D eigenvalue weighted by Crippen LogP contribution is 2.29. The van der Waals surface area contributed by atoms with Crippen LogP contribution in [0, 0.1) is 0 Å². The summed E-state index contributed by atoms with van der Waals surface area (Å²) in [5.74, 6) is -1.27. The van der Waals surface area contributed by atoms with Crippen LogP contribution >= 0.6 is 35.0 Å². The maximum Gasteiger partial charge on any atom is 0.272 e. The zero-order valence-corrected chi connectivity index (χ0v) is 26.2. The van der Waals surface area contributed by atoms with Crippen LogP contribution in [0.25, 0.3) is 6.08 Å². The van der Waals surface area contributed by atoms with Crippen LogP contribution in [0.4, 0.5) is 11.4 Å². The Bertz CT molecular complexity index is 1710. The summed E-state index contributed by atoms with van der Waals surface area (Å²) in [6.45, 7) is 3.40. The molecule has 1 atom stereocenters. The molecule has 0 saturated carbocycles. The number of hydrogen-bond donors (Lipinski definition) is 3.